The van der Waals surface area contributed by atoms with Crippen molar-refractivity contribution in [1.29, 1.82) is 0 Å². The van der Waals surface area contributed by atoms with Crippen LogP contribution in [0.2, 0.25) is 0 Å². The van der Waals surface area contributed by atoms with E-state index >= 15 is 0 Å². The summed E-state index contributed by atoms with van der Waals surface area (Å²) in [6.45, 7) is 4.50. The molecule has 122 valence electrons. The highest BCUT2D eigenvalue weighted by atomic mass is 16.3. The minimum atomic E-state index is -0.357. The normalized spacial score (nSPS) is 23.7. The Bertz CT molecular complexity index is 309. The van der Waals surface area contributed by atoms with Gasteiger partial charge in [0.1, 0.15) is 0 Å². The number of nitrogens with zero attached hydrogens (tertiary/aromatic N) is 1. The Morgan fingerprint density at radius 1 is 1.19 bits per heavy atom. The average molecular weight is 297 g/mol. The fraction of sp³-hybridized carbons (Fsp3) is 0.938. The van der Waals surface area contributed by atoms with E-state index in [9.17, 15) is 4.79 Å². The second-order valence-electron chi connectivity index (χ2n) is 6.64. The summed E-state index contributed by atoms with van der Waals surface area (Å²) in [6, 6.07) is 1.00. The zero-order valence-electron chi connectivity index (χ0n) is 13.3. The molecule has 0 radical (unpaired) electrons. The lowest BCUT2D eigenvalue weighted by molar-refractivity contribution is 0.117. The standard InChI is InChI=1S/C16H31N3O2/c1-13(20)7-10-17-16(21)18-14-8-11-19(12-9-14)15-5-3-2-4-6-15/h13-15,20H,2-12H2,1H3,(H2,17,18,21). The SMILES string of the molecule is CC(O)CCNC(=O)NC1CCN(C2CCCCC2)CC1. The highest BCUT2D eigenvalue weighted by Crippen LogP contribution is 2.25. The fourth-order valence-corrected chi connectivity index (χ4v) is 3.49. The number of piperidine rings is 1. The van der Waals surface area contributed by atoms with Crippen molar-refractivity contribution in [1.82, 2.24) is 15.5 Å². The van der Waals surface area contributed by atoms with Gasteiger partial charge in [0.25, 0.3) is 0 Å². The summed E-state index contributed by atoms with van der Waals surface area (Å²) in [4.78, 5) is 14.4. The monoisotopic (exact) mass is 297 g/mol. The van der Waals surface area contributed by atoms with Gasteiger partial charge in [-0.15, -0.1) is 0 Å². The van der Waals surface area contributed by atoms with Gasteiger partial charge < -0.3 is 20.6 Å². The Hall–Kier alpha value is -0.810. The van der Waals surface area contributed by atoms with E-state index in [1.54, 1.807) is 6.92 Å². The number of nitrogens with one attached hydrogen (secondary N) is 2. The van der Waals surface area contributed by atoms with E-state index in [0.717, 1.165) is 32.0 Å². The first-order chi connectivity index (χ1) is 10.1. The molecule has 2 rings (SSSR count). The van der Waals surface area contributed by atoms with Crippen LogP contribution in [-0.4, -0.2) is 53.9 Å². The molecule has 0 aromatic heterocycles. The quantitative estimate of drug-likeness (QED) is 0.725. The molecule has 0 aromatic carbocycles. The van der Waals surface area contributed by atoms with Gasteiger partial charge in [-0.05, 0) is 39.0 Å². The highest BCUT2D eigenvalue weighted by molar-refractivity contribution is 5.74. The zero-order chi connectivity index (χ0) is 15.1. The summed E-state index contributed by atoms with van der Waals surface area (Å²) in [5.74, 6) is 0. The molecule has 1 atom stereocenters. The summed E-state index contributed by atoms with van der Waals surface area (Å²) in [7, 11) is 0. The molecule has 1 saturated carbocycles. The summed E-state index contributed by atoms with van der Waals surface area (Å²) in [5, 5.41) is 15.0. The predicted octanol–water partition coefficient (Wildman–Crippen LogP) is 1.85. The minimum Gasteiger partial charge on any atom is -0.393 e. The minimum absolute atomic E-state index is 0.0910. The van der Waals surface area contributed by atoms with E-state index in [1.165, 1.54) is 32.1 Å². The topological polar surface area (TPSA) is 64.6 Å². The van der Waals surface area contributed by atoms with Crippen LogP contribution in [0.25, 0.3) is 0 Å². The van der Waals surface area contributed by atoms with E-state index in [-0.39, 0.29) is 12.1 Å². The molecule has 2 amide bonds. The molecule has 5 heteroatoms. The van der Waals surface area contributed by atoms with Crippen molar-refractivity contribution in [3.63, 3.8) is 0 Å². The molecule has 1 heterocycles. The maximum absolute atomic E-state index is 11.8. The van der Waals surface area contributed by atoms with Crippen molar-refractivity contribution in [2.75, 3.05) is 19.6 Å². The number of hydrogen-bond acceptors (Lipinski definition) is 3. The van der Waals surface area contributed by atoms with Crippen molar-refractivity contribution in [2.24, 2.45) is 0 Å². The number of carbonyl (C=O) groups excluding carboxylic acids is 1. The summed E-state index contributed by atoms with van der Waals surface area (Å²) in [6.07, 6.45) is 9.25. The van der Waals surface area contributed by atoms with E-state index in [1.807, 2.05) is 0 Å². The third-order valence-electron chi connectivity index (χ3n) is 4.80. The number of hydrogen-bond donors (Lipinski definition) is 3. The molecule has 1 aliphatic heterocycles. The number of aliphatic hydroxyl groups is 1. The van der Waals surface area contributed by atoms with E-state index in [2.05, 4.69) is 15.5 Å². The van der Waals surface area contributed by atoms with Gasteiger partial charge in [-0.3, -0.25) is 0 Å². The maximum Gasteiger partial charge on any atom is 0.315 e. The molecule has 0 aromatic rings. The summed E-state index contributed by atoms with van der Waals surface area (Å²) < 4.78 is 0. The highest BCUT2D eigenvalue weighted by Gasteiger charge is 2.26. The average Bonchev–Trinajstić information content (AvgIpc) is 2.48. The number of aliphatic hydroxyl groups excluding tert-OH is 1. The van der Waals surface area contributed by atoms with Crippen LogP contribution in [0.15, 0.2) is 0 Å². The van der Waals surface area contributed by atoms with Gasteiger partial charge in [0.2, 0.25) is 0 Å². The van der Waals surface area contributed by atoms with Crippen molar-refractivity contribution in [2.45, 2.75) is 76.5 Å². The molecule has 0 bridgehead atoms. The maximum atomic E-state index is 11.8. The van der Waals surface area contributed by atoms with Crippen LogP contribution in [0.4, 0.5) is 4.79 Å². The summed E-state index contributed by atoms with van der Waals surface area (Å²) in [5.41, 5.74) is 0. The number of carbonyl (C=O) groups is 1. The first kappa shape index (κ1) is 16.6. The van der Waals surface area contributed by atoms with Crippen LogP contribution in [0.1, 0.15) is 58.3 Å². The third-order valence-corrected chi connectivity index (χ3v) is 4.80. The number of urea groups is 1. The van der Waals surface area contributed by atoms with Crippen molar-refractivity contribution in [3.05, 3.63) is 0 Å². The van der Waals surface area contributed by atoms with E-state index < -0.39 is 0 Å². The molecule has 1 unspecified atom stereocenters. The molecular formula is C16H31N3O2. The van der Waals surface area contributed by atoms with Crippen LogP contribution >= 0.6 is 0 Å². The smallest absolute Gasteiger partial charge is 0.315 e. The Labute approximate surface area is 128 Å². The van der Waals surface area contributed by atoms with Gasteiger partial charge in [-0.1, -0.05) is 19.3 Å². The van der Waals surface area contributed by atoms with Crippen LogP contribution in [0, 0.1) is 0 Å². The second kappa shape index (κ2) is 8.59. The van der Waals surface area contributed by atoms with Crippen molar-refractivity contribution in [3.8, 4) is 0 Å². The first-order valence-electron chi connectivity index (χ1n) is 8.61. The molecule has 5 nitrogen and oxygen atoms in total. The van der Waals surface area contributed by atoms with Gasteiger partial charge in [0, 0.05) is 31.7 Å². The van der Waals surface area contributed by atoms with Gasteiger partial charge in [0.15, 0.2) is 0 Å². The molecule has 2 fully saturated rings. The van der Waals surface area contributed by atoms with Crippen molar-refractivity contribution >= 4 is 6.03 Å². The lowest BCUT2D eigenvalue weighted by Crippen LogP contribution is -2.50. The van der Waals surface area contributed by atoms with Crippen LogP contribution in [0.3, 0.4) is 0 Å². The van der Waals surface area contributed by atoms with Gasteiger partial charge >= 0.3 is 6.03 Å². The molecule has 1 aliphatic carbocycles. The largest absolute Gasteiger partial charge is 0.393 e. The summed E-state index contributed by atoms with van der Waals surface area (Å²) >= 11 is 0. The molecule has 2 aliphatic rings. The Morgan fingerprint density at radius 2 is 1.86 bits per heavy atom. The fourth-order valence-electron chi connectivity index (χ4n) is 3.49. The number of rotatable bonds is 5. The first-order valence-corrected chi connectivity index (χ1v) is 8.61. The van der Waals surface area contributed by atoms with Gasteiger partial charge in [-0.2, -0.15) is 0 Å². The lowest BCUT2D eigenvalue weighted by atomic mass is 9.92. The zero-order valence-corrected chi connectivity index (χ0v) is 13.3. The Kier molecular flexibility index (Phi) is 6.77. The second-order valence-corrected chi connectivity index (χ2v) is 6.64. The number of likely N-dealkylation sites (tertiary alicyclic amines) is 1. The molecule has 0 spiro atoms. The van der Waals surface area contributed by atoms with Gasteiger partial charge in [0.05, 0.1) is 6.10 Å². The van der Waals surface area contributed by atoms with Gasteiger partial charge in [-0.25, -0.2) is 4.79 Å². The molecular weight excluding hydrogens is 266 g/mol. The Balaban J connectivity index is 1.61. The Morgan fingerprint density at radius 3 is 2.48 bits per heavy atom. The van der Waals surface area contributed by atoms with Crippen LogP contribution < -0.4 is 10.6 Å². The van der Waals surface area contributed by atoms with Crippen LogP contribution in [-0.2, 0) is 0 Å². The molecule has 21 heavy (non-hydrogen) atoms. The predicted molar refractivity (Wildman–Crippen MR) is 84.3 cm³/mol. The number of amides is 2. The van der Waals surface area contributed by atoms with E-state index in [4.69, 9.17) is 5.11 Å². The van der Waals surface area contributed by atoms with Crippen LogP contribution in [0.5, 0.6) is 0 Å². The van der Waals surface area contributed by atoms with Crippen molar-refractivity contribution < 1.29 is 9.90 Å². The molecule has 1 saturated heterocycles. The lowest BCUT2D eigenvalue weighted by Gasteiger charge is -2.39. The molecule has 3 N–H and O–H groups in total. The van der Waals surface area contributed by atoms with E-state index in [0.29, 0.717) is 19.0 Å². The third kappa shape index (κ3) is 5.83.